The van der Waals surface area contributed by atoms with E-state index in [0.29, 0.717) is 13.0 Å². The van der Waals surface area contributed by atoms with Crippen LogP contribution in [0.4, 0.5) is 0 Å². The third-order valence-corrected chi connectivity index (χ3v) is 2.92. The predicted molar refractivity (Wildman–Crippen MR) is 64.4 cm³/mol. The molecule has 1 fully saturated rings. The molecule has 1 saturated heterocycles. The molecule has 0 saturated carbocycles. The second-order valence-electron chi connectivity index (χ2n) is 3.95. The van der Waals surface area contributed by atoms with E-state index in [0.717, 1.165) is 30.2 Å². The normalized spacial score (nSPS) is 17.3. The number of carbonyl (C=O) groups excluding carboxylic acids is 1. The van der Waals surface area contributed by atoms with Gasteiger partial charge in [0.15, 0.2) is 0 Å². The van der Waals surface area contributed by atoms with Gasteiger partial charge in [-0.05, 0) is 17.7 Å². The van der Waals surface area contributed by atoms with Crippen LogP contribution in [0.3, 0.4) is 0 Å². The Morgan fingerprint density at radius 1 is 1.38 bits per heavy atom. The van der Waals surface area contributed by atoms with Gasteiger partial charge in [0.1, 0.15) is 0 Å². The molecular weight excluding hydrogens is 224 g/mol. The summed E-state index contributed by atoms with van der Waals surface area (Å²) in [6.07, 6.45) is 0.584. The van der Waals surface area contributed by atoms with Crippen LogP contribution in [0.2, 0.25) is 5.02 Å². The fourth-order valence-electron chi connectivity index (χ4n) is 1.84. The molecule has 0 aromatic heterocycles. The van der Waals surface area contributed by atoms with Gasteiger partial charge in [0.25, 0.3) is 0 Å². The van der Waals surface area contributed by atoms with Crippen molar-refractivity contribution in [3.05, 3.63) is 34.9 Å². The van der Waals surface area contributed by atoms with Crippen molar-refractivity contribution < 1.29 is 4.79 Å². The van der Waals surface area contributed by atoms with E-state index in [2.05, 4.69) is 5.32 Å². The Hall–Kier alpha value is -1.06. The summed E-state index contributed by atoms with van der Waals surface area (Å²) in [5.74, 6) is 0.213. The van der Waals surface area contributed by atoms with Gasteiger partial charge in [-0.25, -0.2) is 0 Å². The van der Waals surface area contributed by atoms with Crippen LogP contribution in [0.5, 0.6) is 0 Å². The lowest BCUT2D eigenvalue weighted by Crippen LogP contribution is -2.31. The predicted octanol–water partition coefficient (Wildman–Crippen LogP) is 1.66. The number of carbonyl (C=O) groups is 1. The Morgan fingerprint density at radius 3 is 3.06 bits per heavy atom. The van der Waals surface area contributed by atoms with Crippen LogP contribution in [0.15, 0.2) is 24.3 Å². The van der Waals surface area contributed by atoms with Crippen LogP contribution in [0.1, 0.15) is 12.0 Å². The number of benzene rings is 1. The maximum atomic E-state index is 11.8. The minimum absolute atomic E-state index is 0.213. The lowest BCUT2D eigenvalue weighted by atomic mass is 10.2. The third-order valence-electron chi connectivity index (χ3n) is 2.69. The van der Waals surface area contributed by atoms with Crippen molar-refractivity contribution in [2.75, 3.05) is 19.6 Å². The maximum absolute atomic E-state index is 11.8. The smallest absolute Gasteiger partial charge is 0.224 e. The zero-order chi connectivity index (χ0) is 11.4. The number of hydrogen-bond donors (Lipinski definition) is 1. The molecule has 16 heavy (non-hydrogen) atoms. The molecule has 0 radical (unpaired) electrons. The van der Waals surface area contributed by atoms with Gasteiger partial charge in [0, 0.05) is 37.6 Å². The number of amides is 1. The Bertz CT molecular complexity index is 381. The molecule has 1 aromatic rings. The number of rotatable bonds is 2. The monoisotopic (exact) mass is 238 g/mol. The average Bonchev–Trinajstić information content (AvgIpc) is 2.45. The molecular formula is C12H15ClN2O. The van der Waals surface area contributed by atoms with E-state index in [4.69, 9.17) is 11.6 Å². The summed E-state index contributed by atoms with van der Waals surface area (Å²) in [6, 6.07) is 7.67. The van der Waals surface area contributed by atoms with Crippen molar-refractivity contribution in [2.45, 2.75) is 13.0 Å². The highest BCUT2D eigenvalue weighted by atomic mass is 35.5. The molecule has 1 heterocycles. The van der Waals surface area contributed by atoms with Crippen LogP contribution < -0.4 is 5.32 Å². The first-order valence-electron chi connectivity index (χ1n) is 5.48. The van der Waals surface area contributed by atoms with Gasteiger partial charge in [-0.1, -0.05) is 23.7 Å². The highest BCUT2D eigenvalue weighted by Gasteiger charge is 2.16. The van der Waals surface area contributed by atoms with Gasteiger partial charge in [-0.15, -0.1) is 0 Å². The van der Waals surface area contributed by atoms with Crippen molar-refractivity contribution in [3.8, 4) is 0 Å². The summed E-state index contributed by atoms with van der Waals surface area (Å²) in [4.78, 5) is 13.6. The van der Waals surface area contributed by atoms with Gasteiger partial charge in [0.05, 0.1) is 0 Å². The lowest BCUT2D eigenvalue weighted by molar-refractivity contribution is -0.130. The van der Waals surface area contributed by atoms with Gasteiger partial charge < -0.3 is 10.2 Å². The average molecular weight is 239 g/mol. The summed E-state index contributed by atoms with van der Waals surface area (Å²) in [6.45, 7) is 3.07. The molecule has 0 aliphatic carbocycles. The van der Waals surface area contributed by atoms with E-state index in [1.807, 2.05) is 29.2 Å². The fourth-order valence-corrected chi connectivity index (χ4v) is 2.05. The molecule has 0 unspecified atom stereocenters. The highest BCUT2D eigenvalue weighted by Crippen LogP contribution is 2.13. The Kier molecular flexibility index (Phi) is 3.80. The van der Waals surface area contributed by atoms with E-state index >= 15 is 0 Å². The van der Waals surface area contributed by atoms with Gasteiger partial charge in [0.2, 0.25) is 5.91 Å². The third kappa shape index (κ3) is 2.97. The summed E-state index contributed by atoms with van der Waals surface area (Å²) in [7, 11) is 0. The van der Waals surface area contributed by atoms with Crippen LogP contribution in [0.25, 0.3) is 0 Å². The van der Waals surface area contributed by atoms with E-state index < -0.39 is 0 Å². The number of halogens is 1. The van der Waals surface area contributed by atoms with E-state index in [9.17, 15) is 4.79 Å². The van der Waals surface area contributed by atoms with Crippen LogP contribution in [-0.4, -0.2) is 30.4 Å². The quantitative estimate of drug-likeness (QED) is 0.850. The fraction of sp³-hybridized carbons (Fsp3) is 0.417. The topological polar surface area (TPSA) is 32.3 Å². The van der Waals surface area contributed by atoms with Crippen LogP contribution in [-0.2, 0) is 11.3 Å². The largest absolute Gasteiger partial charge is 0.337 e. The van der Waals surface area contributed by atoms with Gasteiger partial charge in [-0.3, -0.25) is 4.79 Å². The number of nitrogens with zero attached hydrogens (tertiary/aromatic N) is 1. The standard InChI is InChI=1S/C12H15ClN2O/c13-11-3-1-2-10(8-11)9-15-7-6-14-5-4-12(15)16/h1-3,8,14H,4-7,9H2. The van der Waals surface area contributed by atoms with Crippen molar-refractivity contribution in [2.24, 2.45) is 0 Å². The molecule has 86 valence electrons. The van der Waals surface area contributed by atoms with Crippen LogP contribution in [0, 0.1) is 0 Å². The molecule has 0 atom stereocenters. The van der Waals surface area contributed by atoms with Crippen molar-refractivity contribution >= 4 is 17.5 Å². The van der Waals surface area contributed by atoms with Gasteiger partial charge in [-0.2, -0.15) is 0 Å². The summed E-state index contributed by atoms with van der Waals surface area (Å²) >= 11 is 5.92. The van der Waals surface area contributed by atoms with Crippen molar-refractivity contribution in [1.82, 2.24) is 10.2 Å². The SMILES string of the molecule is O=C1CCNCCN1Cc1cccc(Cl)c1. The van der Waals surface area contributed by atoms with Crippen molar-refractivity contribution in [1.29, 1.82) is 0 Å². The molecule has 2 rings (SSSR count). The summed E-state index contributed by atoms with van der Waals surface area (Å²) in [5.41, 5.74) is 1.09. The highest BCUT2D eigenvalue weighted by molar-refractivity contribution is 6.30. The molecule has 0 bridgehead atoms. The number of hydrogen-bond acceptors (Lipinski definition) is 2. The Balaban J connectivity index is 2.05. The van der Waals surface area contributed by atoms with E-state index in [-0.39, 0.29) is 5.91 Å². The second-order valence-corrected chi connectivity index (χ2v) is 4.38. The molecule has 1 amide bonds. The molecule has 3 nitrogen and oxygen atoms in total. The molecule has 1 aromatic carbocycles. The van der Waals surface area contributed by atoms with Gasteiger partial charge >= 0.3 is 0 Å². The number of nitrogens with one attached hydrogen (secondary N) is 1. The minimum Gasteiger partial charge on any atom is -0.337 e. The van der Waals surface area contributed by atoms with E-state index in [1.165, 1.54) is 0 Å². The minimum atomic E-state index is 0.213. The Morgan fingerprint density at radius 2 is 2.25 bits per heavy atom. The Labute approximate surface area is 100 Å². The first-order valence-corrected chi connectivity index (χ1v) is 5.86. The zero-order valence-corrected chi connectivity index (χ0v) is 9.83. The first-order chi connectivity index (χ1) is 7.75. The van der Waals surface area contributed by atoms with Crippen molar-refractivity contribution in [3.63, 3.8) is 0 Å². The maximum Gasteiger partial charge on any atom is 0.224 e. The van der Waals surface area contributed by atoms with Crippen LogP contribution >= 0.6 is 11.6 Å². The summed E-state index contributed by atoms with van der Waals surface area (Å²) < 4.78 is 0. The molecule has 1 aliphatic heterocycles. The molecule has 1 N–H and O–H groups in total. The summed E-state index contributed by atoms with van der Waals surface area (Å²) in [5, 5.41) is 3.94. The zero-order valence-electron chi connectivity index (χ0n) is 9.08. The molecule has 0 spiro atoms. The molecule has 1 aliphatic rings. The second kappa shape index (κ2) is 5.32. The first kappa shape index (κ1) is 11.4. The molecule has 4 heteroatoms. The lowest BCUT2D eigenvalue weighted by Gasteiger charge is -2.20. The van der Waals surface area contributed by atoms with E-state index in [1.54, 1.807) is 0 Å².